The summed E-state index contributed by atoms with van der Waals surface area (Å²) >= 11 is 0. The molecule has 1 fully saturated rings. The molecule has 1 rings (SSSR count). The number of hydrazine groups is 1. The van der Waals surface area contributed by atoms with Gasteiger partial charge in [0.25, 0.3) is 0 Å². The number of carboxylic acids is 3. The number of hydrogen-bond donors (Lipinski definition) is 5. The Labute approximate surface area is 156 Å². The first-order chi connectivity index (χ1) is 12.7. The van der Waals surface area contributed by atoms with E-state index in [1.165, 1.54) is 0 Å². The van der Waals surface area contributed by atoms with Gasteiger partial charge in [0.15, 0.2) is 0 Å². The van der Waals surface area contributed by atoms with E-state index in [9.17, 15) is 24.3 Å². The SMILES string of the molecule is NNC(=O)CCC(C(=O)O)N1CCN(CC(=O)O)CCN(CC(=O)O)CC1. The second-order valence-electron chi connectivity index (χ2n) is 6.34. The lowest BCUT2D eigenvalue weighted by Gasteiger charge is -2.30. The molecule has 1 atom stereocenters. The summed E-state index contributed by atoms with van der Waals surface area (Å²) in [5, 5.41) is 27.6. The first kappa shape index (κ1) is 22.8. The molecule has 27 heavy (non-hydrogen) atoms. The summed E-state index contributed by atoms with van der Waals surface area (Å²) in [7, 11) is 0. The number of carbonyl (C=O) groups is 4. The van der Waals surface area contributed by atoms with Crippen LogP contribution in [0.15, 0.2) is 0 Å². The Bertz CT molecular complexity index is 517. The average Bonchev–Trinajstić information content (AvgIpc) is 2.66. The minimum Gasteiger partial charge on any atom is -0.480 e. The molecule has 1 aliphatic rings. The number of nitrogens with one attached hydrogen (secondary N) is 1. The number of carboxylic acid groups (broad SMARTS) is 3. The van der Waals surface area contributed by atoms with Gasteiger partial charge in [0.05, 0.1) is 13.1 Å². The Balaban J connectivity index is 2.90. The molecule has 1 heterocycles. The first-order valence-corrected chi connectivity index (χ1v) is 8.57. The highest BCUT2D eigenvalue weighted by atomic mass is 16.4. The molecule has 0 saturated carbocycles. The van der Waals surface area contributed by atoms with E-state index in [2.05, 4.69) is 0 Å². The molecule has 12 nitrogen and oxygen atoms in total. The van der Waals surface area contributed by atoms with Crippen molar-refractivity contribution in [2.75, 3.05) is 52.4 Å². The number of nitrogens with zero attached hydrogens (tertiary/aromatic N) is 3. The van der Waals surface area contributed by atoms with Gasteiger partial charge >= 0.3 is 17.9 Å². The maximum atomic E-state index is 11.7. The summed E-state index contributed by atoms with van der Waals surface area (Å²) in [5.74, 6) is 1.41. The fourth-order valence-electron chi connectivity index (χ4n) is 2.97. The van der Waals surface area contributed by atoms with E-state index in [1.807, 2.05) is 5.43 Å². The largest absolute Gasteiger partial charge is 0.480 e. The Kier molecular flexibility index (Phi) is 9.64. The van der Waals surface area contributed by atoms with Crippen molar-refractivity contribution in [1.29, 1.82) is 0 Å². The van der Waals surface area contributed by atoms with Gasteiger partial charge in [-0.15, -0.1) is 0 Å². The predicted molar refractivity (Wildman–Crippen MR) is 92.7 cm³/mol. The lowest BCUT2D eigenvalue weighted by molar-refractivity contribution is -0.144. The van der Waals surface area contributed by atoms with Gasteiger partial charge in [-0.05, 0) is 6.42 Å². The zero-order valence-electron chi connectivity index (χ0n) is 15.0. The highest BCUT2D eigenvalue weighted by Crippen LogP contribution is 2.10. The zero-order valence-corrected chi connectivity index (χ0v) is 15.0. The van der Waals surface area contributed by atoms with Gasteiger partial charge in [0.2, 0.25) is 5.91 Å². The number of aliphatic carboxylic acids is 3. The number of amides is 1. The Morgan fingerprint density at radius 2 is 1.30 bits per heavy atom. The van der Waals surface area contributed by atoms with Crippen molar-refractivity contribution in [2.24, 2.45) is 5.84 Å². The summed E-state index contributed by atoms with van der Waals surface area (Å²) in [6.45, 7) is 1.50. The second-order valence-corrected chi connectivity index (χ2v) is 6.34. The summed E-state index contributed by atoms with van der Waals surface area (Å²) in [4.78, 5) is 50.0. The lowest BCUT2D eigenvalue weighted by atomic mass is 10.1. The van der Waals surface area contributed by atoms with Gasteiger partial charge < -0.3 is 15.3 Å². The third-order valence-corrected chi connectivity index (χ3v) is 4.39. The standard InChI is InChI=1S/C15H27N5O7/c16-17-12(21)2-1-11(15(26)27)20-7-5-18(9-13(22)23)3-4-19(6-8-20)10-14(24)25/h11H,1-10,16H2,(H,17,21)(H,22,23)(H,24,25)(H,26,27). The topological polar surface area (TPSA) is 177 Å². The predicted octanol–water partition coefficient (Wildman–Crippen LogP) is -2.70. The maximum absolute atomic E-state index is 11.7. The molecule has 0 aromatic heterocycles. The van der Waals surface area contributed by atoms with Gasteiger partial charge in [-0.3, -0.25) is 39.3 Å². The van der Waals surface area contributed by atoms with Crippen molar-refractivity contribution < 1.29 is 34.5 Å². The van der Waals surface area contributed by atoms with Crippen LogP contribution in [0.2, 0.25) is 0 Å². The van der Waals surface area contributed by atoms with E-state index in [-0.39, 0.29) is 39.0 Å². The quantitative estimate of drug-likeness (QED) is 0.157. The summed E-state index contributed by atoms with van der Waals surface area (Å²) in [5.41, 5.74) is 1.95. The maximum Gasteiger partial charge on any atom is 0.320 e. The molecule has 1 amide bonds. The summed E-state index contributed by atoms with van der Waals surface area (Å²) in [6, 6.07) is -0.959. The van der Waals surface area contributed by atoms with Crippen LogP contribution in [0.25, 0.3) is 0 Å². The molecule has 12 heteroatoms. The van der Waals surface area contributed by atoms with Crippen molar-refractivity contribution in [1.82, 2.24) is 20.1 Å². The van der Waals surface area contributed by atoms with Gasteiger partial charge in [-0.25, -0.2) is 5.84 Å². The molecule has 0 bridgehead atoms. The molecule has 0 aliphatic carbocycles. The van der Waals surface area contributed by atoms with Crippen molar-refractivity contribution >= 4 is 23.8 Å². The van der Waals surface area contributed by atoms with Gasteiger partial charge in [0.1, 0.15) is 6.04 Å². The Morgan fingerprint density at radius 3 is 1.67 bits per heavy atom. The van der Waals surface area contributed by atoms with Crippen molar-refractivity contribution in [3.63, 3.8) is 0 Å². The van der Waals surface area contributed by atoms with E-state index >= 15 is 0 Å². The highest BCUT2D eigenvalue weighted by molar-refractivity contribution is 5.78. The van der Waals surface area contributed by atoms with Crippen LogP contribution in [-0.4, -0.2) is 112 Å². The van der Waals surface area contributed by atoms with Crippen molar-refractivity contribution in [3.8, 4) is 0 Å². The second kappa shape index (κ2) is 11.4. The minimum atomic E-state index is -1.10. The van der Waals surface area contributed by atoms with Gasteiger partial charge in [-0.1, -0.05) is 0 Å². The molecule has 0 aromatic carbocycles. The fourth-order valence-corrected chi connectivity index (χ4v) is 2.97. The van der Waals surface area contributed by atoms with E-state index < -0.39 is 29.9 Å². The number of hydrogen-bond acceptors (Lipinski definition) is 8. The third kappa shape index (κ3) is 8.77. The van der Waals surface area contributed by atoms with E-state index in [0.717, 1.165) is 0 Å². The molecular formula is C15H27N5O7. The summed E-state index contributed by atoms with van der Waals surface area (Å²) < 4.78 is 0. The van der Waals surface area contributed by atoms with Crippen LogP contribution < -0.4 is 11.3 Å². The number of nitrogens with two attached hydrogens (primary N) is 1. The summed E-state index contributed by atoms with van der Waals surface area (Å²) in [6.07, 6.45) is -0.0299. The van der Waals surface area contributed by atoms with Crippen molar-refractivity contribution in [2.45, 2.75) is 18.9 Å². The third-order valence-electron chi connectivity index (χ3n) is 4.39. The molecular weight excluding hydrogens is 362 g/mol. The molecule has 1 unspecified atom stereocenters. The van der Waals surface area contributed by atoms with Crippen LogP contribution in [0.1, 0.15) is 12.8 Å². The lowest BCUT2D eigenvalue weighted by Crippen LogP contribution is -2.47. The zero-order chi connectivity index (χ0) is 20.4. The molecule has 6 N–H and O–H groups in total. The Morgan fingerprint density at radius 1 is 0.852 bits per heavy atom. The van der Waals surface area contributed by atoms with Gasteiger partial charge in [0, 0.05) is 45.7 Å². The Hall–Kier alpha value is -2.28. The van der Waals surface area contributed by atoms with E-state index in [1.54, 1.807) is 14.7 Å². The van der Waals surface area contributed by atoms with Crippen LogP contribution in [0.5, 0.6) is 0 Å². The number of rotatable bonds is 9. The van der Waals surface area contributed by atoms with Crippen LogP contribution in [0.4, 0.5) is 0 Å². The van der Waals surface area contributed by atoms with Gasteiger partial charge in [-0.2, -0.15) is 0 Å². The molecule has 1 saturated heterocycles. The average molecular weight is 389 g/mol. The van der Waals surface area contributed by atoms with Crippen LogP contribution in [0, 0.1) is 0 Å². The number of carbonyl (C=O) groups excluding carboxylic acids is 1. The van der Waals surface area contributed by atoms with Crippen LogP contribution in [0.3, 0.4) is 0 Å². The molecule has 1 aliphatic heterocycles. The molecule has 0 aromatic rings. The highest BCUT2D eigenvalue weighted by Gasteiger charge is 2.28. The minimum absolute atomic E-state index is 0.0379. The van der Waals surface area contributed by atoms with Crippen LogP contribution >= 0.6 is 0 Å². The molecule has 0 spiro atoms. The normalized spacial score (nSPS) is 18.7. The fraction of sp³-hybridized carbons (Fsp3) is 0.733. The van der Waals surface area contributed by atoms with E-state index in [0.29, 0.717) is 26.2 Å². The van der Waals surface area contributed by atoms with E-state index in [4.69, 9.17) is 16.1 Å². The molecule has 0 radical (unpaired) electrons. The van der Waals surface area contributed by atoms with Crippen molar-refractivity contribution in [3.05, 3.63) is 0 Å². The van der Waals surface area contributed by atoms with Crippen LogP contribution in [-0.2, 0) is 19.2 Å². The first-order valence-electron chi connectivity index (χ1n) is 8.57. The smallest absolute Gasteiger partial charge is 0.320 e. The monoisotopic (exact) mass is 389 g/mol. The molecule has 154 valence electrons.